The third-order valence-electron chi connectivity index (χ3n) is 5.03. The van der Waals surface area contributed by atoms with E-state index in [0.29, 0.717) is 31.3 Å². The molecule has 5 nitrogen and oxygen atoms in total. The second-order valence-electron chi connectivity index (χ2n) is 8.82. The predicted octanol–water partition coefficient (Wildman–Crippen LogP) is 4.81. The quantitative estimate of drug-likeness (QED) is 0.760. The first-order valence-electron chi connectivity index (χ1n) is 9.91. The molecule has 0 saturated carbocycles. The summed E-state index contributed by atoms with van der Waals surface area (Å²) >= 11 is 0. The molecule has 0 atom stereocenters. The van der Waals surface area contributed by atoms with Crippen LogP contribution >= 0.6 is 0 Å². The highest BCUT2D eigenvalue weighted by molar-refractivity contribution is 5.93. The van der Waals surface area contributed by atoms with Crippen LogP contribution in [0.2, 0.25) is 0 Å². The second kappa shape index (κ2) is 8.77. The number of hydrogen-bond donors (Lipinski definition) is 0. The minimum Gasteiger partial charge on any atom is -0.444 e. The lowest BCUT2D eigenvalue weighted by atomic mass is 9.93. The second-order valence-corrected chi connectivity index (χ2v) is 8.82. The highest BCUT2D eigenvalue weighted by atomic mass is 16.6. The zero-order chi connectivity index (χ0) is 20.2. The molecule has 1 aromatic carbocycles. The number of amides is 2. The summed E-state index contributed by atoms with van der Waals surface area (Å²) in [6.07, 6.45) is 1.94. The molecular weight excluding hydrogens is 340 g/mol. The summed E-state index contributed by atoms with van der Waals surface area (Å²) in [5.41, 5.74) is 1.70. The largest absolute Gasteiger partial charge is 0.444 e. The van der Waals surface area contributed by atoms with E-state index in [0.717, 1.165) is 18.5 Å². The number of nitrogens with zero attached hydrogens (tertiary/aromatic N) is 2. The standard InChI is InChI=1S/C22H34N2O3/c1-16(2)18-8-7-9-19(15-18)23(6)20(25)14-17-10-12-24(13-11-17)21(26)27-22(3,4)5/h7-9,15-17H,10-14H2,1-6H3. The Bertz CT molecular complexity index is 656. The van der Waals surface area contributed by atoms with Gasteiger partial charge in [0.15, 0.2) is 0 Å². The Labute approximate surface area is 163 Å². The molecule has 0 bridgehead atoms. The number of ether oxygens (including phenoxy) is 1. The fraction of sp³-hybridized carbons (Fsp3) is 0.636. The molecule has 2 amide bonds. The van der Waals surface area contributed by atoms with E-state index in [9.17, 15) is 9.59 Å². The number of rotatable bonds is 4. The number of carbonyl (C=O) groups is 2. The summed E-state index contributed by atoms with van der Waals surface area (Å²) in [4.78, 5) is 28.4. The van der Waals surface area contributed by atoms with Crippen molar-refractivity contribution in [3.63, 3.8) is 0 Å². The summed E-state index contributed by atoms with van der Waals surface area (Å²) < 4.78 is 5.43. The number of likely N-dealkylation sites (tertiary alicyclic amines) is 1. The van der Waals surface area contributed by atoms with E-state index in [1.54, 1.807) is 9.80 Å². The van der Waals surface area contributed by atoms with Gasteiger partial charge in [0, 0.05) is 32.2 Å². The van der Waals surface area contributed by atoms with Gasteiger partial charge in [-0.15, -0.1) is 0 Å². The van der Waals surface area contributed by atoms with Crippen molar-refractivity contribution in [3.8, 4) is 0 Å². The molecular formula is C22H34N2O3. The number of carbonyl (C=O) groups excluding carboxylic acids is 2. The van der Waals surface area contributed by atoms with Crippen molar-refractivity contribution in [2.24, 2.45) is 5.92 Å². The average molecular weight is 375 g/mol. The van der Waals surface area contributed by atoms with Gasteiger partial charge in [-0.3, -0.25) is 4.79 Å². The van der Waals surface area contributed by atoms with E-state index in [1.165, 1.54) is 5.56 Å². The van der Waals surface area contributed by atoms with Gasteiger partial charge in [0.2, 0.25) is 5.91 Å². The van der Waals surface area contributed by atoms with Gasteiger partial charge in [-0.05, 0) is 63.1 Å². The maximum Gasteiger partial charge on any atom is 0.410 e. The fourth-order valence-electron chi connectivity index (χ4n) is 3.27. The van der Waals surface area contributed by atoms with E-state index in [1.807, 2.05) is 40.0 Å². The van der Waals surface area contributed by atoms with Gasteiger partial charge in [0.25, 0.3) is 0 Å². The first-order valence-corrected chi connectivity index (χ1v) is 9.91. The van der Waals surface area contributed by atoms with Gasteiger partial charge < -0.3 is 14.5 Å². The normalized spacial score (nSPS) is 15.7. The van der Waals surface area contributed by atoms with Crippen molar-refractivity contribution in [1.29, 1.82) is 0 Å². The van der Waals surface area contributed by atoms with Crippen LogP contribution in [0.25, 0.3) is 0 Å². The van der Waals surface area contributed by atoms with Crippen LogP contribution in [-0.2, 0) is 9.53 Å². The Hall–Kier alpha value is -2.04. The van der Waals surface area contributed by atoms with Gasteiger partial charge in [-0.25, -0.2) is 4.79 Å². The lowest BCUT2D eigenvalue weighted by Gasteiger charge is -2.33. The van der Waals surface area contributed by atoms with Crippen LogP contribution in [0.5, 0.6) is 0 Å². The molecule has 0 spiro atoms. The summed E-state index contributed by atoms with van der Waals surface area (Å²) in [6, 6.07) is 8.18. The molecule has 2 rings (SSSR count). The van der Waals surface area contributed by atoms with Crippen LogP contribution in [0.1, 0.15) is 65.4 Å². The zero-order valence-corrected chi connectivity index (χ0v) is 17.6. The van der Waals surface area contributed by atoms with Gasteiger partial charge in [0.05, 0.1) is 0 Å². The van der Waals surface area contributed by atoms with E-state index in [-0.39, 0.29) is 12.0 Å². The van der Waals surface area contributed by atoms with Crippen molar-refractivity contribution >= 4 is 17.7 Å². The molecule has 0 aromatic heterocycles. The van der Waals surface area contributed by atoms with Crippen molar-refractivity contribution in [3.05, 3.63) is 29.8 Å². The Balaban J connectivity index is 1.87. The summed E-state index contributed by atoms with van der Waals surface area (Å²) in [7, 11) is 1.84. The fourth-order valence-corrected chi connectivity index (χ4v) is 3.27. The monoisotopic (exact) mass is 374 g/mol. The first-order chi connectivity index (χ1) is 12.6. The Morgan fingerprint density at radius 2 is 1.85 bits per heavy atom. The Morgan fingerprint density at radius 3 is 2.41 bits per heavy atom. The molecule has 1 aromatic rings. The Morgan fingerprint density at radius 1 is 1.22 bits per heavy atom. The van der Waals surface area contributed by atoms with E-state index in [4.69, 9.17) is 4.74 Å². The summed E-state index contributed by atoms with van der Waals surface area (Å²) in [5, 5.41) is 0. The molecule has 0 radical (unpaired) electrons. The maximum absolute atomic E-state index is 12.7. The molecule has 0 aliphatic carbocycles. The van der Waals surface area contributed by atoms with Crippen LogP contribution in [-0.4, -0.2) is 42.6 Å². The van der Waals surface area contributed by atoms with Crippen molar-refractivity contribution in [1.82, 2.24) is 4.90 Å². The van der Waals surface area contributed by atoms with E-state index < -0.39 is 5.60 Å². The molecule has 1 saturated heterocycles. The van der Waals surface area contributed by atoms with Gasteiger partial charge in [-0.2, -0.15) is 0 Å². The highest BCUT2D eigenvalue weighted by Gasteiger charge is 2.28. The molecule has 0 unspecified atom stereocenters. The number of piperidine rings is 1. The number of benzene rings is 1. The van der Waals surface area contributed by atoms with Gasteiger partial charge in [-0.1, -0.05) is 26.0 Å². The smallest absolute Gasteiger partial charge is 0.410 e. The van der Waals surface area contributed by atoms with Crippen LogP contribution in [0.15, 0.2) is 24.3 Å². The van der Waals surface area contributed by atoms with Crippen LogP contribution < -0.4 is 4.90 Å². The Kier molecular flexibility index (Phi) is 6.90. The van der Waals surface area contributed by atoms with Crippen LogP contribution in [0.4, 0.5) is 10.5 Å². The van der Waals surface area contributed by atoms with Crippen LogP contribution in [0, 0.1) is 5.92 Å². The molecule has 1 fully saturated rings. The third-order valence-corrected chi connectivity index (χ3v) is 5.03. The minimum atomic E-state index is -0.475. The molecule has 1 aliphatic heterocycles. The molecule has 5 heteroatoms. The molecule has 27 heavy (non-hydrogen) atoms. The van der Waals surface area contributed by atoms with E-state index >= 15 is 0 Å². The lowest BCUT2D eigenvalue weighted by Crippen LogP contribution is -2.42. The molecule has 1 aliphatic rings. The van der Waals surface area contributed by atoms with Gasteiger partial charge >= 0.3 is 6.09 Å². The minimum absolute atomic E-state index is 0.131. The molecule has 150 valence electrons. The van der Waals surface area contributed by atoms with E-state index in [2.05, 4.69) is 26.0 Å². The van der Waals surface area contributed by atoms with Crippen molar-refractivity contribution in [2.45, 2.75) is 65.4 Å². The average Bonchev–Trinajstić information content (AvgIpc) is 2.60. The molecule has 1 heterocycles. The first kappa shape index (κ1) is 21.3. The maximum atomic E-state index is 12.7. The van der Waals surface area contributed by atoms with Crippen molar-refractivity contribution in [2.75, 3.05) is 25.0 Å². The number of hydrogen-bond acceptors (Lipinski definition) is 3. The SMILES string of the molecule is CC(C)c1cccc(N(C)C(=O)CC2CCN(C(=O)OC(C)(C)C)CC2)c1. The third kappa shape index (κ3) is 6.26. The summed E-state index contributed by atoms with van der Waals surface area (Å²) in [6.45, 7) is 11.2. The molecule has 0 N–H and O–H groups in total. The van der Waals surface area contributed by atoms with Crippen molar-refractivity contribution < 1.29 is 14.3 Å². The lowest BCUT2D eigenvalue weighted by molar-refractivity contribution is -0.119. The summed E-state index contributed by atoms with van der Waals surface area (Å²) in [5.74, 6) is 0.879. The van der Waals surface area contributed by atoms with Crippen LogP contribution in [0.3, 0.4) is 0 Å². The predicted molar refractivity (Wildman–Crippen MR) is 109 cm³/mol. The van der Waals surface area contributed by atoms with Gasteiger partial charge in [0.1, 0.15) is 5.60 Å². The number of anilines is 1. The topological polar surface area (TPSA) is 49.9 Å². The zero-order valence-electron chi connectivity index (χ0n) is 17.6. The highest BCUT2D eigenvalue weighted by Crippen LogP contribution is 2.25.